The Bertz CT molecular complexity index is 525. The Balaban J connectivity index is 0.000000300. The van der Waals surface area contributed by atoms with Crippen LogP contribution in [0.25, 0.3) is 0 Å². The fourth-order valence-electron chi connectivity index (χ4n) is 2.72. The summed E-state index contributed by atoms with van der Waals surface area (Å²) in [6.45, 7) is 1.14. The third-order valence-electron chi connectivity index (χ3n) is 4.90. The van der Waals surface area contributed by atoms with Crippen LogP contribution < -0.4 is 11.5 Å². The first-order valence-electron chi connectivity index (χ1n) is 10.5. The summed E-state index contributed by atoms with van der Waals surface area (Å²) in [5, 5.41) is 17.0. The number of epoxide rings is 2. The minimum absolute atomic E-state index is 0.147. The van der Waals surface area contributed by atoms with Crippen molar-refractivity contribution in [2.75, 3.05) is 13.2 Å². The summed E-state index contributed by atoms with van der Waals surface area (Å²) in [6, 6.07) is -1.54. The summed E-state index contributed by atoms with van der Waals surface area (Å²) in [6.07, 6.45) is 6.53. The van der Waals surface area contributed by atoms with Crippen LogP contribution >= 0.6 is 0 Å². The fourth-order valence-corrected chi connectivity index (χ4v) is 2.72. The number of ether oxygens (including phenoxy) is 2. The number of hydrogen-bond acceptors (Lipinski definition) is 8. The first kappa shape index (κ1) is 26.2. The van der Waals surface area contributed by atoms with Crippen molar-refractivity contribution >= 4 is 23.5 Å². The van der Waals surface area contributed by atoms with Gasteiger partial charge >= 0.3 is 11.9 Å². The van der Waals surface area contributed by atoms with Crippen LogP contribution in [0.5, 0.6) is 0 Å². The lowest BCUT2D eigenvalue weighted by molar-refractivity contribution is -0.139. The topological polar surface area (TPSA) is 186 Å². The van der Waals surface area contributed by atoms with Gasteiger partial charge < -0.3 is 31.2 Å². The van der Waals surface area contributed by atoms with Crippen LogP contribution in [0.2, 0.25) is 0 Å². The molecule has 172 valence electrons. The van der Waals surface area contributed by atoms with Gasteiger partial charge in [-0.05, 0) is 25.7 Å². The zero-order valence-corrected chi connectivity index (χ0v) is 17.3. The molecule has 10 nitrogen and oxygen atoms in total. The second kappa shape index (κ2) is 14.2. The summed E-state index contributed by atoms with van der Waals surface area (Å²) < 4.78 is 9.70. The van der Waals surface area contributed by atoms with Crippen LogP contribution in [-0.2, 0) is 28.7 Å². The number of rotatable bonds is 16. The molecule has 2 fully saturated rings. The molecule has 0 amide bonds. The average molecular weight is 430 g/mol. The molecule has 0 aromatic rings. The molecule has 4 atom stereocenters. The van der Waals surface area contributed by atoms with Crippen LogP contribution in [0.4, 0.5) is 0 Å². The van der Waals surface area contributed by atoms with E-state index in [1.807, 2.05) is 0 Å². The molecule has 2 saturated heterocycles. The van der Waals surface area contributed by atoms with Gasteiger partial charge in [0.15, 0.2) is 11.6 Å². The molecule has 2 aliphatic heterocycles. The summed E-state index contributed by atoms with van der Waals surface area (Å²) in [4.78, 5) is 43.1. The summed E-state index contributed by atoms with van der Waals surface area (Å²) in [5.41, 5.74) is 10.7. The molecule has 6 N–H and O–H groups in total. The second-order valence-electron chi connectivity index (χ2n) is 7.66. The SMILES string of the molecule is NC(CCCCCC(=O)C1CO1)C(=O)O.NC(CCCCCC(=O)C1CO1)C(=O)O. The van der Waals surface area contributed by atoms with Gasteiger partial charge in [-0.2, -0.15) is 0 Å². The molecule has 30 heavy (non-hydrogen) atoms. The number of nitrogens with two attached hydrogens (primary N) is 2. The fraction of sp³-hybridized carbons (Fsp3) is 0.800. The van der Waals surface area contributed by atoms with E-state index in [1.165, 1.54) is 0 Å². The van der Waals surface area contributed by atoms with Crippen LogP contribution in [0.15, 0.2) is 0 Å². The zero-order valence-electron chi connectivity index (χ0n) is 17.3. The lowest BCUT2D eigenvalue weighted by atomic mass is 10.1. The van der Waals surface area contributed by atoms with Crippen molar-refractivity contribution in [2.45, 2.75) is 88.5 Å². The van der Waals surface area contributed by atoms with Crippen molar-refractivity contribution in [1.29, 1.82) is 0 Å². The molecular weight excluding hydrogens is 396 g/mol. The lowest BCUT2D eigenvalue weighted by Gasteiger charge is -2.04. The van der Waals surface area contributed by atoms with E-state index in [2.05, 4.69) is 0 Å². The van der Waals surface area contributed by atoms with Gasteiger partial charge in [0.05, 0.1) is 13.2 Å². The Morgan fingerprint density at radius 3 is 1.30 bits per heavy atom. The van der Waals surface area contributed by atoms with Gasteiger partial charge in [0.2, 0.25) is 0 Å². The van der Waals surface area contributed by atoms with E-state index in [0.29, 0.717) is 38.9 Å². The number of unbranched alkanes of at least 4 members (excludes halogenated alkanes) is 4. The highest BCUT2D eigenvalue weighted by molar-refractivity contribution is 5.85. The minimum atomic E-state index is -0.961. The van der Waals surface area contributed by atoms with Crippen molar-refractivity contribution in [3.63, 3.8) is 0 Å². The van der Waals surface area contributed by atoms with Crippen molar-refractivity contribution in [3.8, 4) is 0 Å². The average Bonchev–Trinajstić information content (AvgIpc) is 3.58. The molecule has 2 aliphatic rings. The number of hydrogen-bond donors (Lipinski definition) is 4. The Kier molecular flexibility index (Phi) is 12.4. The van der Waals surface area contributed by atoms with E-state index in [1.54, 1.807) is 0 Å². The normalized spacial score (nSPS) is 21.0. The quantitative estimate of drug-likeness (QED) is 0.200. The first-order valence-corrected chi connectivity index (χ1v) is 10.5. The van der Waals surface area contributed by atoms with Gasteiger partial charge in [-0.25, -0.2) is 0 Å². The number of Topliss-reactive ketones (excluding diaryl/α,β-unsaturated/α-hetero) is 2. The third kappa shape index (κ3) is 12.6. The number of carbonyl (C=O) groups excluding carboxylic acids is 2. The Morgan fingerprint density at radius 1 is 0.700 bits per heavy atom. The number of carboxylic acid groups (broad SMARTS) is 2. The highest BCUT2D eigenvalue weighted by Gasteiger charge is 2.30. The van der Waals surface area contributed by atoms with E-state index >= 15 is 0 Å². The van der Waals surface area contributed by atoms with Crippen molar-refractivity contribution in [3.05, 3.63) is 0 Å². The predicted octanol–water partition coefficient (Wildman–Crippen LogP) is 0.633. The molecular formula is C20H34N2O8. The van der Waals surface area contributed by atoms with Crippen molar-refractivity contribution in [1.82, 2.24) is 0 Å². The molecule has 0 spiro atoms. The molecule has 4 unspecified atom stereocenters. The van der Waals surface area contributed by atoms with Crippen LogP contribution in [0.1, 0.15) is 64.2 Å². The number of carboxylic acids is 2. The Labute approximate surface area is 176 Å². The number of carbonyl (C=O) groups is 4. The van der Waals surface area contributed by atoms with Gasteiger partial charge in [0.25, 0.3) is 0 Å². The molecule has 0 radical (unpaired) electrons. The van der Waals surface area contributed by atoms with Gasteiger partial charge in [-0.1, -0.05) is 25.7 Å². The Morgan fingerprint density at radius 2 is 1.03 bits per heavy atom. The summed E-state index contributed by atoms with van der Waals surface area (Å²) >= 11 is 0. The highest BCUT2D eigenvalue weighted by Crippen LogP contribution is 2.15. The second-order valence-corrected chi connectivity index (χ2v) is 7.66. The molecule has 0 aliphatic carbocycles. The van der Waals surface area contributed by atoms with E-state index in [-0.39, 0.29) is 23.8 Å². The van der Waals surface area contributed by atoms with E-state index in [4.69, 9.17) is 31.2 Å². The van der Waals surface area contributed by atoms with Crippen LogP contribution in [0.3, 0.4) is 0 Å². The molecule has 2 rings (SSSR count). The highest BCUT2D eigenvalue weighted by atomic mass is 16.6. The van der Waals surface area contributed by atoms with Gasteiger partial charge in [0, 0.05) is 12.8 Å². The minimum Gasteiger partial charge on any atom is -0.480 e. The molecule has 2 heterocycles. The maximum Gasteiger partial charge on any atom is 0.320 e. The van der Waals surface area contributed by atoms with Crippen LogP contribution in [-0.4, -0.2) is 71.2 Å². The van der Waals surface area contributed by atoms with E-state index in [0.717, 1.165) is 38.5 Å². The van der Waals surface area contributed by atoms with Gasteiger partial charge in [0.1, 0.15) is 24.3 Å². The Hall–Kier alpha value is -1.88. The molecule has 0 saturated carbocycles. The maximum atomic E-state index is 11.2. The summed E-state index contributed by atoms with van der Waals surface area (Å²) in [5.74, 6) is -1.59. The predicted molar refractivity (Wildman–Crippen MR) is 107 cm³/mol. The van der Waals surface area contributed by atoms with Crippen LogP contribution in [0, 0.1) is 0 Å². The molecule has 0 aromatic heterocycles. The maximum absolute atomic E-state index is 11.2. The molecule has 0 bridgehead atoms. The number of aliphatic carboxylic acids is 2. The van der Waals surface area contributed by atoms with Gasteiger partial charge in [-0.15, -0.1) is 0 Å². The zero-order chi connectivity index (χ0) is 22.5. The largest absolute Gasteiger partial charge is 0.480 e. The lowest BCUT2D eigenvalue weighted by Crippen LogP contribution is -2.29. The standard InChI is InChI=1S/2C10H17NO4/c2*11-7(10(13)14)4-2-1-3-5-8(12)9-6-15-9/h2*7,9H,1-6,11H2,(H,13,14). The molecule has 0 aromatic carbocycles. The van der Waals surface area contributed by atoms with Gasteiger partial charge in [-0.3, -0.25) is 19.2 Å². The monoisotopic (exact) mass is 430 g/mol. The smallest absolute Gasteiger partial charge is 0.320 e. The summed E-state index contributed by atoms with van der Waals surface area (Å²) in [7, 11) is 0. The number of ketones is 2. The first-order chi connectivity index (χ1) is 14.2. The van der Waals surface area contributed by atoms with Crippen molar-refractivity contribution < 1.29 is 38.9 Å². The third-order valence-corrected chi connectivity index (χ3v) is 4.90. The van der Waals surface area contributed by atoms with E-state index in [9.17, 15) is 19.2 Å². The molecule has 10 heteroatoms. The van der Waals surface area contributed by atoms with E-state index < -0.39 is 24.0 Å². The van der Waals surface area contributed by atoms with Crippen molar-refractivity contribution in [2.24, 2.45) is 11.5 Å².